The third-order valence-electron chi connectivity index (χ3n) is 3.72. The van der Waals surface area contributed by atoms with Crippen LogP contribution in [0.5, 0.6) is 0 Å². The molecule has 0 radical (unpaired) electrons. The molecule has 0 atom stereocenters. The molecule has 1 fully saturated rings. The van der Waals surface area contributed by atoms with E-state index in [1.54, 1.807) is 17.0 Å². The number of carbonyl (C=O) groups is 1. The Hall–Kier alpha value is -3.30. The Bertz CT molecular complexity index is 833. The Morgan fingerprint density at radius 1 is 1.31 bits per heavy atom. The molecular weight excluding hydrogens is 346 g/mol. The maximum Gasteiger partial charge on any atom is 0.437 e. The molecule has 8 nitrogen and oxygen atoms in total. The zero-order chi connectivity index (χ0) is 18.7. The highest BCUT2D eigenvalue weighted by molar-refractivity contribution is 5.87. The fraction of sp³-hybridized carbons (Fsp3) is 0.250. The molecule has 26 heavy (non-hydrogen) atoms. The van der Waals surface area contributed by atoms with Gasteiger partial charge in [-0.25, -0.2) is 23.5 Å². The van der Waals surface area contributed by atoms with Gasteiger partial charge in [0.15, 0.2) is 5.96 Å². The molecule has 4 N–H and O–H groups in total. The summed E-state index contributed by atoms with van der Waals surface area (Å²) >= 11 is 0. The fourth-order valence-electron chi connectivity index (χ4n) is 2.40. The first-order chi connectivity index (χ1) is 12.4. The van der Waals surface area contributed by atoms with E-state index >= 15 is 0 Å². The summed E-state index contributed by atoms with van der Waals surface area (Å²) in [6.07, 6.45) is 1.04. The number of amides is 1. The molecule has 1 aromatic heterocycles. The van der Waals surface area contributed by atoms with E-state index in [0.29, 0.717) is 11.5 Å². The average Bonchev–Trinajstić information content (AvgIpc) is 2.58. The molecule has 0 aliphatic carbocycles. The Kier molecular flexibility index (Phi) is 4.92. The lowest BCUT2D eigenvalue weighted by molar-refractivity contribution is 0.149. The van der Waals surface area contributed by atoms with Crippen molar-refractivity contribution < 1.29 is 18.3 Å². The van der Waals surface area contributed by atoms with Gasteiger partial charge in [0.2, 0.25) is 5.95 Å². The fourth-order valence-corrected chi connectivity index (χ4v) is 2.40. The van der Waals surface area contributed by atoms with Crippen molar-refractivity contribution in [2.75, 3.05) is 18.0 Å². The van der Waals surface area contributed by atoms with Gasteiger partial charge < -0.3 is 21.1 Å². The van der Waals surface area contributed by atoms with Crippen molar-refractivity contribution in [2.45, 2.75) is 12.8 Å². The maximum atomic E-state index is 14.7. The smallest absolute Gasteiger partial charge is 0.437 e. The normalized spacial score (nSPS) is 13.8. The lowest BCUT2D eigenvalue weighted by Gasteiger charge is -2.34. The minimum Gasteiger partial charge on any atom is -0.443 e. The number of guanidine groups is 1. The Labute approximate surface area is 147 Å². The van der Waals surface area contributed by atoms with Crippen LogP contribution in [0, 0.1) is 5.82 Å². The van der Waals surface area contributed by atoms with Crippen molar-refractivity contribution in [3.8, 4) is 11.1 Å². The lowest BCUT2D eigenvalue weighted by Crippen LogP contribution is -2.49. The first-order valence-corrected chi connectivity index (χ1v) is 7.69. The number of alkyl halides is 1. The first-order valence-electron chi connectivity index (χ1n) is 7.69. The standard InChI is InChI=1S/C16H16F2N6O2/c17-11-6-24(7-11)15-21-4-10(5-22-15)12-3-1-2-9(13(12)18)8-26-16(25)23-14(19)20/h1-5,11H,6-8H2,(H4,19,20,23,25). The number of hydrogen-bond donors (Lipinski definition) is 2. The van der Waals surface area contributed by atoms with Crippen LogP contribution in [0.2, 0.25) is 0 Å². The summed E-state index contributed by atoms with van der Waals surface area (Å²) in [5.41, 5.74) is 11.0. The van der Waals surface area contributed by atoms with Gasteiger partial charge in [-0.3, -0.25) is 0 Å². The van der Waals surface area contributed by atoms with E-state index in [4.69, 9.17) is 16.2 Å². The predicted octanol–water partition coefficient (Wildman–Crippen LogP) is 1.35. The quantitative estimate of drug-likeness (QED) is 0.622. The molecule has 1 aromatic carbocycles. The summed E-state index contributed by atoms with van der Waals surface area (Å²) in [6, 6.07) is 4.63. The molecule has 2 heterocycles. The molecule has 10 heteroatoms. The van der Waals surface area contributed by atoms with Gasteiger partial charge >= 0.3 is 6.09 Å². The second-order valence-electron chi connectivity index (χ2n) is 5.64. The number of nitrogens with two attached hydrogens (primary N) is 2. The van der Waals surface area contributed by atoms with Gasteiger partial charge in [0.1, 0.15) is 18.6 Å². The summed E-state index contributed by atoms with van der Waals surface area (Å²) in [7, 11) is 0. The third-order valence-corrected chi connectivity index (χ3v) is 3.72. The molecule has 0 bridgehead atoms. The second kappa shape index (κ2) is 7.30. The van der Waals surface area contributed by atoms with E-state index in [9.17, 15) is 13.6 Å². The first kappa shape index (κ1) is 17.5. The van der Waals surface area contributed by atoms with E-state index in [2.05, 4.69) is 15.0 Å². The molecule has 0 saturated carbocycles. The topological polar surface area (TPSA) is 120 Å². The van der Waals surface area contributed by atoms with E-state index in [1.165, 1.54) is 18.5 Å². The molecule has 1 saturated heterocycles. The largest absolute Gasteiger partial charge is 0.443 e. The van der Waals surface area contributed by atoms with E-state index < -0.39 is 24.0 Å². The summed E-state index contributed by atoms with van der Waals surface area (Å²) < 4.78 is 32.3. The van der Waals surface area contributed by atoms with Gasteiger partial charge in [0.25, 0.3) is 0 Å². The van der Waals surface area contributed by atoms with Crippen molar-refractivity contribution in [1.82, 2.24) is 9.97 Å². The predicted molar refractivity (Wildman–Crippen MR) is 90.5 cm³/mol. The van der Waals surface area contributed by atoms with Crippen LogP contribution in [0.25, 0.3) is 11.1 Å². The van der Waals surface area contributed by atoms with Crippen LogP contribution in [0.3, 0.4) is 0 Å². The van der Waals surface area contributed by atoms with E-state index in [1.807, 2.05) is 0 Å². The van der Waals surface area contributed by atoms with Crippen LogP contribution >= 0.6 is 0 Å². The highest BCUT2D eigenvalue weighted by Gasteiger charge is 2.28. The number of rotatable bonds is 4. The highest BCUT2D eigenvalue weighted by Crippen LogP contribution is 2.26. The molecule has 136 valence electrons. The molecule has 2 aromatic rings. The number of aliphatic imine (C=N–C) groups is 1. The molecule has 0 spiro atoms. The van der Waals surface area contributed by atoms with Gasteiger partial charge in [0, 0.05) is 29.1 Å². The van der Waals surface area contributed by atoms with Crippen molar-refractivity contribution in [2.24, 2.45) is 16.5 Å². The Morgan fingerprint density at radius 2 is 2.00 bits per heavy atom. The number of ether oxygens (including phenoxy) is 1. The highest BCUT2D eigenvalue weighted by atomic mass is 19.1. The van der Waals surface area contributed by atoms with Gasteiger partial charge in [-0.2, -0.15) is 0 Å². The molecule has 3 rings (SSSR count). The van der Waals surface area contributed by atoms with Gasteiger partial charge in [0.05, 0.1) is 13.1 Å². The van der Waals surface area contributed by atoms with Gasteiger partial charge in [-0.15, -0.1) is 4.99 Å². The van der Waals surface area contributed by atoms with Crippen molar-refractivity contribution in [3.63, 3.8) is 0 Å². The number of aromatic nitrogens is 2. The number of nitrogens with zero attached hydrogens (tertiary/aromatic N) is 4. The third kappa shape index (κ3) is 3.85. The summed E-state index contributed by atoms with van der Waals surface area (Å²) in [6.45, 7) is 0.175. The number of halogens is 2. The number of anilines is 1. The summed E-state index contributed by atoms with van der Waals surface area (Å²) in [5, 5.41) is 0. The monoisotopic (exact) mass is 362 g/mol. The Balaban J connectivity index is 1.74. The van der Waals surface area contributed by atoms with Crippen molar-refractivity contribution in [3.05, 3.63) is 42.0 Å². The lowest BCUT2D eigenvalue weighted by atomic mass is 10.1. The number of benzene rings is 1. The Morgan fingerprint density at radius 3 is 2.62 bits per heavy atom. The molecular formula is C16H16F2N6O2. The van der Waals surface area contributed by atoms with Gasteiger partial charge in [-0.1, -0.05) is 18.2 Å². The van der Waals surface area contributed by atoms with Crippen molar-refractivity contribution >= 4 is 18.0 Å². The van der Waals surface area contributed by atoms with Gasteiger partial charge in [-0.05, 0) is 0 Å². The average molecular weight is 362 g/mol. The number of hydrogen-bond acceptors (Lipinski definition) is 5. The SMILES string of the molecule is NC(N)=NC(=O)OCc1cccc(-c2cnc(N3CC(F)C3)nc2)c1F. The zero-order valence-electron chi connectivity index (χ0n) is 13.6. The van der Waals surface area contributed by atoms with Crippen LogP contribution in [0.1, 0.15) is 5.56 Å². The van der Waals surface area contributed by atoms with E-state index in [0.717, 1.165) is 0 Å². The summed E-state index contributed by atoms with van der Waals surface area (Å²) in [4.78, 5) is 24.5. The zero-order valence-corrected chi connectivity index (χ0v) is 13.6. The van der Waals surface area contributed by atoms with Crippen LogP contribution in [-0.2, 0) is 11.3 Å². The second-order valence-corrected chi connectivity index (χ2v) is 5.64. The molecule has 0 unspecified atom stereocenters. The minimum absolute atomic E-state index is 0.147. The van der Waals surface area contributed by atoms with Crippen LogP contribution in [-0.4, -0.2) is 41.3 Å². The molecule has 1 amide bonds. The van der Waals surface area contributed by atoms with Crippen LogP contribution < -0.4 is 16.4 Å². The molecule has 1 aliphatic heterocycles. The van der Waals surface area contributed by atoms with Crippen molar-refractivity contribution in [1.29, 1.82) is 0 Å². The van der Waals surface area contributed by atoms with Crippen LogP contribution in [0.15, 0.2) is 35.6 Å². The minimum atomic E-state index is -1.01. The molecule has 1 aliphatic rings. The van der Waals surface area contributed by atoms with Crippen LogP contribution in [0.4, 0.5) is 19.5 Å². The number of carbonyl (C=O) groups excluding carboxylic acids is 1. The maximum absolute atomic E-state index is 14.7. The summed E-state index contributed by atoms with van der Waals surface area (Å²) in [5.74, 6) is -0.623. The van der Waals surface area contributed by atoms with E-state index in [-0.39, 0.29) is 30.8 Å².